The number of thiophene rings is 1. The van der Waals surface area contributed by atoms with Crippen LogP contribution in [0, 0.1) is 6.92 Å². The Morgan fingerprint density at radius 2 is 1.85 bits per heavy atom. The third kappa shape index (κ3) is 4.19. The van der Waals surface area contributed by atoms with E-state index in [0.29, 0.717) is 17.2 Å². The molecule has 5 nitrogen and oxygen atoms in total. The lowest BCUT2D eigenvalue weighted by atomic mass is 9.98. The maximum atomic E-state index is 13.4. The number of carbonyl (C=O) groups is 2. The van der Waals surface area contributed by atoms with Gasteiger partial charge in [0.1, 0.15) is 17.6 Å². The second kappa shape index (κ2) is 8.98. The van der Waals surface area contributed by atoms with Crippen LogP contribution in [-0.2, 0) is 15.8 Å². The number of anilines is 1. The lowest BCUT2D eigenvalue weighted by Crippen LogP contribution is -2.29. The van der Waals surface area contributed by atoms with Crippen molar-refractivity contribution in [2.75, 3.05) is 11.5 Å². The van der Waals surface area contributed by atoms with Gasteiger partial charge in [0.05, 0.1) is 17.7 Å². The molecular formula is C25H20F3NO4S. The lowest BCUT2D eigenvalue weighted by molar-refractivity contribution is -0.137. The Labute approximate surface area is 197 Å². The van der Waals surface area contributed by atoms with Gasteiger partial charge in [0.2, 0.25) is 0 Å². The van der Waals surface area contributed by atoms with Crippen molar-refractivity contribution in [2.45, 2.75) is 26.1 Å². The molecular weight excluding hydrogens is 467 g/mol. The molecule has 0 bridgehead atoms. The van der Waals surface area contributed by atoms with Crippen LogP contribution in [0.1, 0.15) is 34.5 Å². The lowest BCUT2D eigenvalue weighted by Gasteiger charge is -2.25. The van der Waals surface area contributed by atoms with Crippen LogP contribution in [0.5, 0.6) is 5.75 Å². The van der Waals surface area contributed by atoms with Gasteiger partial charge in [-0.2, -0.15) is 13.2 Å². The predicted molar refractivity (Wildman–Crippen MR) is 123 cm³/mol. The number of ether oxygens (including phenoxy) is 1. The van der Waals surface area contributed by atoms with Gasteiger partial charge in [-0.3, -0.25) is 14.5 Å². The third-order valence-electron chi connectivity index (χ3n) is 5.46. The molecule has 1 aliphatic heterocycles. The zero-order valence-corrected chi connectivity index (χ0v) is 19.0. The van der Waals surface area contributed by atoms with Crippen molar-refractivity contribution in [3.8, 4) is 5.75 Å². The summed E-state index contributed by atoms with van der Waals surface area (Å²) in [5.41, 5.74) is -0.230. The standard InChI is InChI=1S/C25H20F3NO4S/c1-3-33-18-9-4-6-15(12-18)21(30)19-20(23-14(2)10-11-34-23)29(24(32)22(19)31)17-8-5-7-16(13-17)25(26,27)28/h4-13,20,30H,3H2,1-2H3/b21-19-. The SMILES string of the molecule is CCOc1cccc(/C(O)=C2/C(=O)C(=O)N(c3cccc(C(F)(F)F)c3)C2c2sccc2C)c1. The minimum Gasteiger partial charge on any atom is -0.507 e. The highest BCUT2D eigenvalue weighted by Crippen LogP contribution is 2.45. The number of halogens is 3. The molecule has 1 aliphatic rings. The van der Waals surface area contributed by atoms with Gasteiger partial charge >= 0.3 is 6.18 Å². The quantitative estimate of drug-likeness (QED) is 0.268. The zero-order valence-electron chi connectivity index (χ0n) is 18.2. The number of aryl methyl sites for hydroxylation is 1. The number of aliphatic hydroxyl groups is 1. The monoisotopic (exact) mass is 487 g/mol. The molecule has 1 aromatic heterocycles. The molecule has 1 saturated heterocycles. The predicted octanol–water partition coefficient (Wildman–Crippen LogP) is 6.10. The van der Waals surface area contributed by atoms with E-state index >= 15 is 0 Å². The van der Waals surface area contributed by atoms with E-state index in [1.165, 1.54) is 29.5 Å². The first-order chi connectivity index (χ1) is 16.1. The first-order valence-corrected chi connectivity index (χ1v) is 11.3. The average molecular weight is 487 g/mol. The zero-order chi connectivity index (χ0) is 24.6. The number of hydrogen-bond acceptors (Lipinski definition) is 5. The Kier molecular flexibility index (Phi) is 6.22. The van der Waals surface area contributed by atoms with Gasteiger partial charge in [-0.05, 0) is 61.2 Å². The molecule has 1 unspecified atom stereocenters. The summed E-state index contributed by atoms with van der Waals surface area (Å²) < 4.78 is 45.5. The number of carbonyl (C=O) groups excluding carboxylic acids is 2. The Balaban J connectivity index is 1.92. The normalized spacial score (nSPS) is 17.9. The third-order valence-corrected chi connectivity index (χ3v) is 6.54. The minimum absolute atomic E-state index is 0.0863. The molecule has 4 rings (SSSR count). The topological polar surface area (TPSA) is 66.8 Å². The summed E-state index contributed by atoms with van der Waals surface area (Å²) in [6, 6.07) is 11.4. The second-order valence-electron chi connectivity index (χ2n) is 7.65. The Morgan fingerprint density at radius 1 is 1.12 bits per heavy atom. The van der Waals surface area contributed by atoms with Gasteiger partial charge in [0.25, 0.3) is 11.7 Å². The molecule has 1 fully saturated rings. The highest BCUT2D eigenvalue weighted by atomic mass is 32.1. The molecule has 3 aromatic rings. The van der Waals surface area contributed by atoms with Crippen LogP contribution in [-0.4, -0.2) is 23.4 Å². The summed E-state index contributed by atoms with van der Waals surface area (Å²) >= 11 is 1.25. The van der Waals surface area contributed by atoms with E-state index in [1.54, 1.807) is 43.5 Å². The van der Waals surface area contributed by atoms with Crippen LogP contribution in [0.25, 0.3) is 5.76 Å². The fraction of sp³-hybridized carbons (Fsp3) is 0.200. The molecule has 0 spiro atoms. The molecule has 0 saturated carbocycles. The van der Waals surface area contributed by atoms with Crippen molar-refractivity contribution in [2.24, 2.45) is 0 Å². The maximum absolute atomic E-state index is 13.4. The van der Waals surface area contributed by atoms with Gasteiger partial charge in [-0.25, -0.2) is 0 Å². The smallest absolute Gasteiger partial charge is 0.416 e. The van der Waals surface area contributed by atoms with E-state index in [9.17, 15) is 27.9 Å². The van der Waals surface area contributed by atoms with E-state index in [1.807, 2.05) is 0 Å². The van der Waals surface area contributed by atoms with Gasteiger partial charge < -0.3 is 9.84 Å². The molecule has 1 atom stereocenters. The van der Waals surface area contributed by atoms with Crippen molar-refractivity contribution < 1.29 is 32.6 Å². The summed E-state index contributed by atoms with van der Waals surface area (Å²) in [4.78, 5) is 27.9. The largest absolute Gasteiger partial charge is 0.507 e. The number of rotatable bonds is 5. The number of aliphatic hydroxyl groups excluding tert-OH is 1. The van der Waals surface area contributed by atoms with Gasteiger partial charge in [-0.1, -0.05) is 18.2 Å². The minimum atomic E-state index is -4.63. The molecule has 1 N–H and O–H groups in total. The van der Waals surface area contributed by atoms with Crippen LogP contribution in [0.15, 0.2) is 65.6 Å². The molecule has 2 aromatic carbocycles. The van der Waals surface area contributed by atoms with Gasteiger partial charge in [0.15, 0.2) is 0 Å². The number of ketones is 1. The van der Waals surface area contributed by atoms with Gasteiger partial charge in [-0.15, -0.1) is 11.3 Å². The Hall–Kier alpha value is -3.59. The highest BCUT2D eigenvalue weighted by Gasteiger charge is 2.48. The summed E-state index contributed by atoms with van der Waals surface area (Å²) in [7, 11) is 0. The average Bonchev–Trinajstić information content (AvgIpc) is 3.33. The Bertz CT molecular complexity index is 1300. The van der Waals surface area contributed by atoms with E-state index in [2.05, 4.69) is 0 Å². The van der Waals surface area contributed by atoms with Crippen LogP contribution in [0.3, 0.4) is 0 Å². The van der Waals surface area contributed by atoms with Crippen molar-refractivity contribution in [3.05, 3.63) is 87.1 Å². The molecule has 9 heteroatoms. The van der Waals surface area contributed by atoms with Crippen molar-refractivity contribution >= 4 is 34.5 Å². The fourth-order valence-electron chi connectivity index (χ4n) is 3.90. The number of benzene rings is 2. The van der Waals surface area contributed by atoms with Crippen LogP contribution in [0.4, 0.5) is 18.9 Å². The summed E-state index contributed by atoms with van der Waals surface area (Å²) in [6.45, 7) is 3.96. The fourth-order valence-corrected chi connectivity index (χ4v) is 4.92. The first-order valence-electron chi connectivity index (χ1n) is 10.4. The number of Topliss-reactive ketones (excluding diaryl/α,β-unsaturated/α-hetero) is 1. The number of alkyl halides is 3. The summed E-state index contributed by atoms with van der Waals surface area (Å²) in [5.74, 6) is -1.95. The Morgan fingerprint density at radius 3 is 2.50 bits per heavy atom. The van der Waals surface area contributed by atoms with Crippen molar-refractivity contribution in [1.82, 2.24) is 0 Å². The molecule has 34 heavy (non-hydrogen) atoms. The molecule has 0 radical (unpaired) electrons. The number of hydrogen-bond donors (Lipinski definition) is 1. The van der Waals surface area contributed by atoms with Crippen LogP contribution >= 0.6 is 11.3 Å². The molecule has 1 amide bonds. The van der Waals surface area contributed by atoms with E-state index in [4.69, 9.17) is 4.74 Å². The van der Waals surface area contributed by atoms with Gasteiger partial charge in [0, 0.05) is 16.1 Å². The van der Waals surface area contributed by atoms with Crippen molar-refractivity contribution in [3.63, 3.8) is 0 Å². The number of nitrogens with zero attached hydrogens (tertiary/aromatic N) is 1. The summed E-state index contributed by atoms with van der Waals surface area (Å²) in [5, 5.41) is 12.9. The molecule has 0 aliphatic carbocycles. The van der Waals surface area contributed by atoms with Crippen molar-refractivity contribution in [1.29, 1.82) is 0 Å². The second-order valence-corrected chi connectivity index (χ2v) is 8.59. The van der Waals surface area contributed by atoms with E-state index in [0.717, 1.165) is 22.6 Å². The number of amides is 1. The maximum Gasteiger partial charge on any atom is 0.416 e. The summed E-state index contributed by atoms with van der Waals surface area (Å²) in [6.07, 6.45) is -4.63. The molecule has 176 valence electrons. The van der Waals surface area contributed by atoms with Crippen LogP contribution in [0.2, 0.25) is 0 Å². The van der Waals surface area contributed by atoms with Crippen LogP contribution < -0.4 is 9.64 Å². The first kappa shape index (κ1) is 23.6. The van der Waals surface area contributed by atoms with E-state index in [-0.39, 0.29) is 16.8 Å². The molecule has 2 heterocycles. The van der Waals surface area contributed by atoms with E-state index < -0.39 is 35.2 Å². The highest BCUT2D eigenvalue weighted by molar-refractivity contribution is 7.10.